The molecule has 5 heteroatoms. The predicted octanol–water partition coefficient (Wildman–Crippen LogP) is 4.47. The van der Waals surface area contributed by atoms with Crippen molar-refractivity contribution in [1.82, 2.24) is 10.3 Å². The van der Waals surface area contributed by atoms with Gasteiger partial charge in [-0.2, -0.15) is 0 Å². The number of hydrogen-bond donors (Lipinski definition) is 2. The number of benzene rings is 2. The maximum Gasteiger partial charge on any atom is 0.252 e. The van der Waals surface area contributed by atoms with Gasteiger partial charge in [-0.05, 0) is 58.1 Å². The van der Waals surface area contributed by atoms with Gasteiger partial charge in [0.25, 0.3) is 5.91 Å². The first-order valence-corrected chi connectivity index (χ1v) is 9.13. The second-order valence-corrected chi connectivity index (χ2v) is 6.71. The van der Waals surface area contributed by atoms with Crippen LogP contribution in [0.5, 0.6) is 5.75 Å². The second kappa shape index (κ2) is 7.74. The third-order valence-corrected chi connectivity index (χ3v) is 5.06. The van der Waals surface area contributed by atoms with Gasteiger partial charge in [-0.25, -0.2) is 0 Å². The zero-order valence-corrected chi connectivity index (χ0v) is 15.9. The van der Waals surface area contributed by atoms with Gasteiger partial charge in [-0.15, -0.1) is 0 Å². The van der Waals surface area contributed by atoms with E-state index in [-0.39, 0.29) is 5.91 Å². The molecule has 25 heavy (non-hydrogen) atoms. The molecule has 0 aliphatic rings. The molecule has 1 aromatic heterocycles. The molecule has 0 atom stereocenters. The Balaban J connectivity index is 1.68. The third-order valence-electron chi connectivity index (χ3n) is 4.37. The highest BCUT2D eigenvalue weighted by molar-refractivity contribution is 9.10. The molecule has 0 aliphatic heterocycles. The SMILES string of the molecule is CCc1cccc2c(CCNC(=O)c3cc(OC)ccc3Br)c[nH]c12. The van der Waals surface area contributed by atoms with Crippen LogP contribution in [0.15, 0.2) is 47.1 Å². The molecule has 0 saturated heterocycles. The van der Waals surface area contributed by atoms with Crippen LogP contribution in [0, 0.1) is 0 Å². The Labute approximate surface area is 155 Å². The molecule has 3 aromatic rings. The maximum absolute atomic E-state index is 12.4. The second-order valence-electron chi connectivity index (χ2n) is 5.86. The fraction of sp³-hybridized carbons (Fsp3) is 0.250. The number of carbonyl (C=O) groups is 1. The smallest absolute Gasteiger partial charge is 0.252 e. The standard InChI is InChI=1S/C20H21BrN2O2/c1-3-13-5-4-6-16-14(12-23-19(13)16)9-10-22-20(24)17-11-15(25-2)7-8-18(17)21/h4-8,11-12,23H,3,9-10H2,1-2H3,(H,22,24). The lowest BCUT2D eigenvalue weighted by Gasteiger charge is -2.08. The normalized spacial score (nSPS) is 10.8. The number of nitrogens with one attached hydrogen (secondary N) is 2. The van der Waals surface area contributed by atoms with Crippen LogP contribution in [-0.2, 0) is 12.8 Å². The Hall–Kier alpha value is -2.27. The van der Waals surface area contributed by atoms with Gasteiger partial charge in [-0.1, -0.05) is 25.1 Å². The number of para-hydroxylation sites is 1. The minimum absolute atomic E-state index is 0.111. The number of aryl methyl sites for hydroxylation is 1. The maximum atomic E-state index is 12.4. The van der Waals surface area contributed by atoms with Crippen molar-refractivity contribution in [3.8, 4) is 5.75 Å². The molecule has 1 amide bonds. The molecule has 130 valence electrons. The molecule has 0 bridgehead atoms. The van der Waals surface area contributed by atoms with Gasteiger partial charge >= 0.3 is 0 Å². The number of ether oxygens (including phenoxy) is 1. The summed E-state index contributed by atoms with van der Waals surface area (Å²) in [6.45, 7) is 2.73. The van der Waals surface area contributed by atoms with E-state index in [1.54, 1.807) is 13.2 Å². The highest BCUT2D eigenvalue weighted by Crippen LogP contribution is 2.23. The highest BCUT2D eigenvalue weighted by Gasteiger charge is 2.12. The van der Waals surface area contributed by atoms with Crippen molar-refractivity contribution < 1.29 is 9.53 Å². The van der Waals surface area contributed by atoms with Crippen LogP contribution >= 0.6 is 15.9 Å². The molecule has 0 unspecified atom stereocenters. The Morgan fingerprint density at radius 3 is 2.84 bits per heavy atom. The number of amides is 1. The molecule has 1 heterocycles. The quantitative estimate of drug-likeness (QED) is 0.640. The predicted molar refractivity (Wildman–Crippen MR) is 104 cm³/mol. The van der Waals surface area contributed by atoms with Crippen LogP contribution < -0.4 is 10.1 Å². The average molecular weight is 401 g/mol. The van der Waals surface area contributed by atoms with E-state index >= 15 is 0 Å². The van der Waals surface area contributed by atoms with E-state index in [0.29, 0.717) is 17.9 Å². The van der Waals surface area contributed by atoms with Crippen molar-refractivity contribution in [2.75, 3.05) is 13.7 Å². The van der Waals surface area contributed by atoms with E-state index in [2.05, 4.69) is 51.4 Å². The number of carbonyl (C=O) groups excluding carboxylic acids is 1. The largest absolute Gasteiger partial charge is 0.497 e. The van der Waals surface area contributed by atoms with Crippen LogP contribution in [0.1, 0.15) is 28.4 Å². The molecular weight excluding hydrogens is 380 g/mol. The fourth-order valence-corrected chi connectivity index (χ4v) is 3.41. The first-order valence-electron chi connectivity index (χ1n) is 8.33. The number of methoxy groups -OCH3 is 1. The molecule has 0 radical (unpaired) electrons. The minimum Gasteiger partial charge on any atom is -0.497 e. The lowest BCUT2D eigenvalue weighted by Crippen LogP contribution is -2.26. The van der Waals surface area contributed by atoms with Crippen LogP contribution in [0.2, 0.25) is 0 Å². The Bertz CT molecular complexity index is 902. The molecule has 3 rings (SSSR count). The number of aromatic nitrogens is 1. The van der Waals surface area contributed by atoms with Crippen molar-refractivity contribution in [2.45, 2.75) is 19.8 Å². The molecule has 0 spiro atoms. The summed E-state index contributed by atoms with van der Waals surface area (Å²) in [5.41, 5.74) is 4.30. The van der Waals surface area contributed by atoms with E-state index in [1.807, 2.05) is 18.3 Å². The first-order chi connectivity index (χ1) is 12.1. The molecule has 4 nitrogen and oxygen atoms in total. The third kappa shape index (κ3) is 3.71. The summed E-state index contributed by atoms with van der Waals surface area (Å²) in [5.74, 6) is 0.553. The topological polar surface area (TPSA) is 54.1 Å². The highest BCUT2D eigenvalue weighted by atomic mass is 79.9. The Morgan fingerprint density at radius 1 is 1.24 bits per heavy atom. The summed E-state index contributed by atoms with van der Waals surface area (Å²) in [7, 11) is 1.59. The molecular formula is C20H21BrN2O2. The van der Waals surface area contributed by atoms with Crippen molar-refractivity contribution in [3.63, 3.8) is 0 Å². The van der Waals surface area contributed by atoms with Gasteiger partial charge in [0.05, 0.1) is 12.7 Å². The molecule has 2 N–H and O–H groups in total. The van der Waals surface area contributed by atoms with Gasteiger partial charge in [0.1, 0.15) is 5.75 Å². The van der Waals surface area contributed by atoms with Crippen molar-refractivity contribution in [3.05, 3.63) is 63.8 Å². The van der Waals surface area contributed by atoms with Crippen LogP contribution in [0.4, 0.5) is 0 Å². The summed E-state index contributed by atoms with van der Waals surface area (Å²) in [4.78, 5) is 15.8. The number of halogens is 1. The van der Waals surface area contributed by atoms with Crippen LogP contribution in [0.25, 0.3) is 10.9 Å². The van der Waals surface area contributed by atoms with E-state index < -0.39 is 0 Å². The van der Waals surface area contributed by atoms with Crippen molar-refractivity contribution >= 4 is 32.7 Å². The fourth-order valence-electron chi connectivity index (χ4n) is 2.99. The lowest BCUT2D eigenvalue weighted by molar-refractivity contribution is 0.0953. The summed E-state index contributed by atoms with van der Waals surface area (Å²) in [5, 5.41) is 4.22. The van der Waals surface area contributed by atoms with Crippen LogP contribution in [0.3, 0.4) is 0 Å². The Morgan fingerprint density at radius 2 is 2.08 bits per heavy atom. The summed E-state index contributed by atoms with van der Waals surface area (Å²) < 4.78 is 5.94. The number of fused-ring (bicyclic) bond motifs is 1. The lowest BCUT2D eigenvalue weighted by atomic mass is 10.1. The number of hydrogen-bond acceptors (Lipinski definition) is 2. The number of aromatic amines is 1. The van der Waals surface area contributed by atoms with Crippen molar-refractivity contribution in [1.29, 1.82) is 0 Å². The van der Waals surface area contributed by atoms with Gasteiger partial charge in [0, 0.05) is 28.1 Å². The number of rotatable bonds is 6. The first kappa shape index (κ1) is 17.5. The summed E-state index contributed by atoms with van der Waals surface area (Å²) in [6.07, 6.45) is 3.82. The molecule has 0 aliphatic carbocycles. The molecule has 0 saturated carbocycles. The van der Waals surface area contributed by atoms with E-state index in [4.69, 9.17) is 4.74 Å². The Kier molecular flexibility index (Phi) is 5.43. The van der Waals surface area contributed by atoms with Crippen molar-refractivity contribution in [2.24, 2.45) is 0 Å². The van der Waals surface area contributed by atoms with E-state index in [9.17, 15) is 4.79 Å². The zero-order valence-electron chi connectivity index (χ0n) is 14.4. The van der Waals surface area contributed by atoms with Gasteiger partial charge < -0.3 is 15.0 Å². The van der Waals surface area contributed by atoms with E-state index in [1.165, 1.54) is 22.0 Å². The minimum atomic E-state index is -0.111. The average Bonchev–Trinajstić information content (AvgIpc) is 3.05. The van der Waals surface area contributed by atoms with Gasteiger partial charge in [0.15, 0.2) is 0 Å². The van der Waals surface area contributed by atoms with Crippen LogP contribution in [-0.4, -0.2) is 24.5 Å². The summed E-state index contributed by atoms with van der Waals surface area (Å²) >= 11 is 3.42. The monoisotopic (exact) mass is 400 g/mol. The molecule has 0 fully saturated rings. The zero-order chi connectivity index (χ0) is 17.8. The molecule has 2 aromatic carbocycles. The van der Waals surface area contributed by atoms with E-state index in [0.717, 1.165) is 17.3 Å². The summed E-state index contributed by atoms with van der Waals surface area (Å²) in [6, 6.07) is 11.7. The van der Waals surface area contributed by atoms with Gasteiger partial charge in [0.2, 0.25) is 0 Å². The number of H-pyrrole nitrogens is 1. The van der Waals surface area contributed by atoms with Gasteiger partial charge in [-0.3, -0.25) is 4.79 Å².